The van der Waals surface area contributed by atoms with Crippen molar-refractivity contribution in [2.24, 2.45) is 5.92 Å². The number of amides is 1. The van der Waals surface area contributed by atoms with Crippen LogP contribution in [0.2, 0.25) is 0 Å². The highest BCUT2D eigenvalue weighted by Crippen LogP contribution is 2.25. The Morgan fingerprint density at radius 3 is 2.65 bits per heavy atom. The van der Waals surface area contributed by atoms with Gasteiger partial charge in [-0.2, -0.15) is 0 Å². The highest BCUT2D eigenvalue weighted by atomic mass is 16.6. The number of hydrogen-bond donors (Lipinski definition) is 2. The summed E-state index contributed by atoms with van der Waals surface area (Å²) in [5.41, 5.74) is -0.436. The summed E-state index contributed by atoms with van der Waals surface area (Å²) < 4.78 is 10.9. The lowest BCUT2D eigenvalue weighted by Crippen LogP contribution is -2.48. The third kappa shape index (κ3) is 7.08. The van der Waals surface area contributed by atoms with Crippen molar-refractivity contribution >= 4 is 6.09 Å². The second-order valence-electron chi connectivity index (χ2n) is 7.94. The van der Waals surface area contributed by atoms with Crippen LogP contribution in [0.4, 0.5) is 4.79 Å². The highest BCUT2D eigenvalue weighted by molar-refractivity contribution is 5.67. The zero-order valence-corrected chi connectivity index (χ0v) is 15.0. The molecule has 1 aliphatic heterocycles. The van der Waals surface area contributed by atoms with E-state index in [0.717, 1.165) is 26.1 Å². The fourth-order valence-corrected chi connectivity index (χ4v) is 3.57. The molecule has 134 valence electrons. The van der Waals surface area contributed by atoms with Crippen molar-refractivity contribution in [1.29, 1.82) is 0 Å². The van der Waals surface area contributed by atoms with Crippen LogP contribution in [0.25, 0.3) is 0 Å². The fraction of sp³-hybridized carbons (Fsp3) is 0.944. The third-order valence-electron chi connectivity index (χ3n) is 4.72. The minimum absolute atomic E-state index is 0.301. The van der Waals surface area contributed by atoms with Crippen LogP contribution in [0.5, 0.6) is 0 Å². The van der Waals surface area contributed by atoms with Gasteiger partial charge in [-0.15, -0.1) is 0 Å². The van der Waals surface area contributed by atoms with Crippen molar-refractivity contribution in [3.63, 3.8) is 0 Å². The number of ether oxygens (including phenoxy) is 2. The number of hydrogen-bond acceptors (Lipinski definition) is 4. The first-order valence-electron chi connectivity index (χ1n) is 9.25. The van der Waals surface area contributed by atoms with Crippen LogP contribution in [0.15, 0.2) is 0 Å². The van der Waals surface area contributed by atoms with Crippen molar-refractivity contribution in [2.75, 3.05) is 19.8 Å². The number of alkyl carbamates (subject to hydrolysis) is 1. The van der Waals surface area contributed by atoms with E-state index in [1.807, 2.05) is 20.8 Å². The Labute approximate surface area is 140 Å². The van der Waals surface area contributed by atoms with Crippen molar-refractivity contribution < 1.29 is 14.3 Å². The molecule has 1 saturated carbocycles. The molecule has 5 heteroatoms. The molecular weight excluding hydrogens is 292 g/mol. The van der Waals surface area contributed by atoms with E-state index in [4.69, 9.17) is 9.47 Å². The van der Waals surface area contributed by atoms with Crippen molar-refractivity contribution in [3.05, 3.63) is 0 Å². The lowest BCUT2D eigenvalue weighted by molar-refractivity contribution is 0.0509. The van der Waals surface area contributed by atoms with Gasteiger partial charge in [0.2, 0.25) is 0 Å². The van der Waals surface area contributed by atoms with E-state index in [1.165, 1.54) is 32.1 Å². The van der Waals surface area contributed by atoms with Crippen molar-refractivity contribution in [2.45, 2.75) is 83.4 Å². The number of rotatable bonds is 4. The smallest absolute Gasteiger partial charge is 0.407 e. The van der Waals surface area contributed by atoms with Gasteiger partial charge < -0.3 is 20.1 Å². The molecule has 0 radical (unpaired) electrons. The van der Waals surface area contributed by atoms with Crippen molar-refractivity contribution in [1.82, 2.24) is 10.6 Å². The van der Waals surface area contributed by atoms with Gasteiger partial charge >= 0.3 is 6.09 Å². The standard InChI is InChI=1S/C18H34N2O3/c1-18(2,3)23-17(21)19-13-14-7-4-5-9-16(14)20-15-8-6-11-22-12-10-15/h14-16,20H,4-13H2,1-3H3,(H,19,21). The van der Waals surface area contributed by atoms with Gasteiger partial charge in [0, 0.05) is 31.8 Å². The monoisotopic (exact) mass is 326 g/mol. The van der Waals surface area contributed by atoms with E-state index in [9.17, 15) is 4.79 Å². The van der Waals surface area contributed by atoms with Gasteiger partial charge in [0.05, 0.1) is 0 Å². The second-order valence-corrected chi connectivity index (χ2v) is 7.94. The molecule has 0 bridgehead atoms. The van der Waals surface area contributed by atoms with Crippen LogP contribution in [0.3, 0.4) is 0 Å². The molecule has 3 unspecified atom stereocenters. The minimum Gasteiger partial charge on any atom is -0.444 e. The Kier molecular flexibility index (Phi) is 7.15. The van der Waals surface area contributed by atoms with Gasteiger partial charge in [-0.05, 0) is 58.8 Å². The molecular formula is C18H34N2O3. The van der Waals surface area contributed by atoms with Gasteiger partial charge in [0.1, 0.15) is 5.60 Å². The van der Waals surface area contributed by atoms with Crippen LogP contribution in [-0.4, -0.2) is 43.5 Å². The lowest BCUT2D eigenvalue weighted by Gasteiger charge is -2.35. The fourth-order valence-electron chi connectivity index (χ4n) is 3.57. The summed E-state index contributed by atoms with van der Waals surface area (Å²) in [4.78, 5) is 11.9. The van der Waals surface area contributed by atoms with Gasteiger partial charge in [0.25, 0.3) is 0 Å². The molecule has 23 heavy (non-hydrogen) atoms. The minimum atomic E-state index is -0.436. The predicted octanol–water partition coefficient (Wildman–Crippen LogP) is 3.23. The summed E-state index contributed by atoms with van der Waals surface area (Å²) >= 11 is 0. The summed E-state index contributed by atoms with van der Waals surface area (Å²) in [7, 11) is 0. The molecule has 1 saturated heterocycles. The van der Waals surface area contributed by atoms with E-state index >= 15 is 0 Å². The van der Waals surface area contributed by atoms with E-state index in [1.54, 1.807) is 0 Å². The zero-order chi connectivity index (χ0) is 16.7. The highest BCUT2D eigenvalue weighted by Gasteiger charge is 2.28. The number of carbonyl (C=O) groups excluding carboxylic acids is 1. The number of nitrogens with one attached hydrogen (secondary N) is 2. The van der Waals surface area contributed by atoms with Crippen LogP contribution >= 0.6 is 0 Å². The van der Waals surface area contributed by atoms with Crippen LogP contribution < -0.4 is 10.6 Å². The summed E-state index contributed by atoms with van der Waals surface area (Å²) in [6, 6.07) is 1.06. The Morgan fingerprint density at radius 2 is 1.87 bits per heavy atom. The van der Waals surface area contributed by atoms with Crippen LogP contribution in [0.1, 0.15) is 65.7 Å². The summed E-state index contributed by atoms with van der Waals surface area (Å²) in [5, 5.41) is 6.81. The molecule has 2 N–H and O–H groups in total. The average Bonchev–Trinajstić information content (AvgIpc) is 2.73. The molecule has 0 aromatic carbocycles. The first-order valence-corrected chi connectivity index (χ1v) is 9.25. The summed E-state index contributed by atoms with van der Waals surface area (Å²) in [5.74, 6) is 0.500. The first kappa shape index (κ1) is 18.5. The maximum Gasteiger partial charge on any atom is 0.407 e. The van der Waals surface area contributed by atoms with Gasteiger partial charge in [-0.25, -0.2) is 4.79 Å². The normalized spacial score (nSPS) is 29.6. The molecule has 0 aromatic heterocycles. The molecule has 0 aromatic rings. The second kappa shape index (κ2) is 8.88. The van der Waals surface area contributed by atoms with E-state index < -0.39 is 5.60 Å². The van der Waals surface area contributed by atoms with E-state index in [2.05, 4.69) is 10.6 Å². The lowest BCUT2D eigenvalue weighted by atomic mass is 9.83. The van der Waals surface area contributed by atoms with Crippen LogP contribution in [-0.2, 0) is 9.47 Å². The molecule has 2 aliphatic rings. The Morgan fingerprint density at radius 1 is 1.09 bits per heavy atom. The Balaban J connectivity index is 1.79. The maximum absolute atomic E-state index is 11.9. The summed E-state index contributed by atoms with van der Waals surface area (Å²) in [6.45, 7) is 8.15. The zero-order valence-electron chi connectivity index (χ0n) is 15.0. The molecule has 1 heterocycles. The average molecular weight is 326 g/mol. The molecule has 2 rings (SSSR count). The van der Waals surface area contributed by atoms with Crippen LogP contribution in [0, 0.1) is 5.92 Å². The molecule has 3 atom stereocenters. The Hall–Kier alpha value is -0.810. The van der Waals surface area contributed by atoms with E-state index in [-0.39, 0.29) is 6.09 Å². The quantitative estimate of drug-likeness (QED) is 0.833. The van der Waals surface area contributed by atoms with Crippen molar-refractivity contribution in [3.8, 4) is 0 Å². The summed E-state index contributed by atoms with van der Waals surface area (Å²) in [6.07, 6.45) is 8.06. The van der Waals surface area contributed by atoms with Gasteiger partial charge in [-0.1, -0.05) is 12.8 Å². The molecule has 0 spiro atoms. The predicted molar refractivity (Wildman–Crippen MR) is 91.6 cm³/mol. The topological polar surface area (TPSA) is 59.6 Å². The maximum atomic E-state index is 11.9. The van der Waals surface area contributed by atoms with Gasteiger partial charge in [-0.3, -0.25) is 0 Å². The third-order valence-corrected chi connectivity index (χ3v) is 4.72. The largest absolute Gasteiger partial charge is 0.444 e. The molecule has 2 fully saturated rings. The number of carbonyl (C=O) groups is 1. The SMILES string of the molecule is CC(C)(C)OC(=O)NCC1CCCCC1NC1CCCOCC1. The Bertz CT molecular complexity index is 360. The molecule has 5 nitrogen and oxygen atoms in total. The first-order chi connectivity index (χ1) is 10.9. The molecule has 1 aliphatic carbocycles. The molecule has 1 amide bonds. The van der Waals surface area contributed by atoms with E-state index in [0.29, 0.717) is 24.5 Å². The van der Waals surface area contributed by atoms with Gasteiger partial charge in [0.15, 0.2) is 0 Å².